The molecule has 3 heterocycles. The van der Waals surface area contributed by atoms with Crippen LogP contribution in [0.2, 0.25) is 0 Å². The summed E-state index contributed by atoms with van der Waals surface area (Å²) in [5, 5.41) is 0. The smallest absolute Gasteiger partial charge is 0.151 e. The molecule has 0 unspecified atom stereocenters. The molecule has 110 valence electrons. The number of ether oxygens (including phenoxy) is 1. The van der Waals surface area contributed by atoms with E-state index in [0.29, 0.717) is 0 Å². The van der Waals surface area contributed by atoms with E-state index >= 15 is 0 Å². The average Bonchev–Trinajstić information content (AvgIpc) is 2.51. The van der Waals surface area contributed by atoms with Crippen LogP contribution in [0, 0.1) is 6.92 Å². The number of rotatable bonds is 3. The summed E-state index contributed by atoms with van der Waals surface area (Å²) in [6.45, 7) is 3.66. The van der Waals surface area contributed by atoms with Gasteiger partial charge in [-0.1, -0.05) is 12.1 Å². The van der Waals surface area contributed by atoms with E-state index in [2.05, 4.69) is 14.9 Å². The number of hydrogen-bond acceptors (Lipinski definition) is 5. The first kappa shape index (κ1) is 13.0. The number of benzene rings is 1. The van der Waals surface area contributed by atoms with Gasteiger partial charge in [0.25, 0.3) is 0 Å². The summed E-state index contributed by atoms with van der Waals surface area (Å²) < 4.78 is 5.90. The van der Waals surface area contributed by atoms with Crippen molar-refractivity contribution in [2.75, 3.05) is 18.0 Å². The fourth-order valence-electron chi connectivity index (χ4n) is 2.67. The fourth-order valence-corrected chi connectivity index (χ4v) is 2.67. The molecule has 0 aliphatic carbocycles. The van der Waals surface area contributed by atoms with Crippen LogP contribution >= 0.6 is 0 Å². The van der Waals surface area contributed by atoms with E-state index in [1.165, 1.54) is 0 Å². The van der Waals surface area contributed by atoms with Crippen LogP contribution in [0.5, 0.6) is 5.75 Å². The molecule has 4 rings (SSSR count). The van der Waals surface area contributed by atoms with Gasteiger partial charge in [0.05, 0.1) is 29.8 Å². The first-order chi connectivity index (χ1) is 10.8. The van der Waals surface area contributed by atoms with Gasteiger partial charge >= 0.3 is 0 Å². The minimum absolute atomic E-state index is 0.190. The van der Waals surface area contributed by atoms with Gasteiger partial charge < -0.3 is 9.64 Å². The summed E-state index contributed by atoms with van der Waals surface area (Å²) in [4.78, 5) is 15.6. The molecular weight excluding hydrogens is 276 g/mol. The highest BCUT2D eigenvalue weighted by atomic mass is 16.5. The van der Waals surface area contributed by atoms with E-state index in [9.17, 15) is 0 Å². The maximum absolute atomic E-state index is 5.90. The van der Waals surface area contributed by atoms with Crippen LogP contribution in [0.1, 0.15) is 5.69 Å². The second kappa shape index (κ2) is 5.26. The molecule has 0 spiro atoms. The van der Waals surface area contributed by atoms with Gasteiger partial charge in [0.2, 0.25) is 0 Å². The predicted octanol–water partition coefficient (Wildman–Crippen LogP) is 2.60. The lowest BCUT2D eigenvalue weighted by atomic mass is 10.1. The Kier molecular flexibility index (Phi) is 3.11. The van der Waals surface area contributed by atoms with Gasteiger partial charge in [-0.15, -0.1) is 0 Å². The van der Waals surface area contributed by atoms with E-state index < -0.39 is 0 Å². The Balaban J connectivity index is 1.49. The van der Waals surface area contributed by atoms with Crippen LogP contribution < -0.4 is 9.64 Å². The molecule has 0 radical (unpaired) electrons. The largest absolute Gasteiger partial charge is 0.487 e. The maximum Gasteiger partial charge on any atom is 0.151 e. The number of para-hydroxylation sites is 2. The minimum atomic E-state index is 0.190. The van der Waals surface area contributed by atoms with Crippen LogP contribution in [-0.2, 0) is 0 Å². The Morgan fingerprint density at radius 3 is 2.41 bits per heavy atom. The van der Waals surface area contributed by atoms with Crippen molar-refractivity contribution in [3.8, 4) is 5.75 Å². The van der Waals surface area contributed by atoms with E-state index in [-0.39, 0.29) is 6.10 Å². The number of aryl methyl sites for hydroxylation is 1. The number of fused-ring (bicyclic) bond motifs is 1. The standard InChI is InChI=1S/C17H16N4O/c1-12-17(20-16-5-3-2-4-15(16)19-12)21-10-14(11-21)22-13-6-8-18-9-7-13/h2-9,14H,10-11H2,1H3. The van der Waals surface area contributed by atoms with E-state index in [4.69, 9.17) is 9.72 Å². The second-order valence-electron chi connectivity index (χ2n) is 5.45. The van der Waals surface area contributed by atoms with Crippen LogP contribution in [-0.4, -0.2) is 34.1 Å². The SMILES string of the molecule is Cc1nc2ccccc2nc1N1CC(Oc2ccncc2)C1. The lowest BCUT2D eigenvalue weighted by molar-refractivity contribution is 0.166. The quantitative estimate of drug-likeness (QED) is 0.742. The van der Waals surface area contributed by atoms with Crippen molar-refractivity contribution in [2.45, 2.75) is 13.0 Å². The molecule has 0 saturated carbocycles. The molecule has 2 aromatic heterocycles. The van der Waals surface area contributed by atoms with E-state index in [1.807, 2.05) is 43.3 Å². The van der Waals surface area contributed by atoms with E-state index in [0.717, 1.165) is 41.4 Å². The molecule has 22 heavy (non-hydrogen) atoms. The molecule has 0 amide bonds. The van der Waals surface area contributed by atoms with Gasteiger partial charge in [0.15, 0.2) is 5.82 Å². The lowest BCUT2D eigenvalue weighted by Gasteiger charge is -2.40. The summed E-state index contributed by atoms with van der Waals surface area (Å²) in [6, 6.07) is 11.7. The highest BCUT2D eigenvalue weighted by Crippen LogP contribution is 2.26. The number of aromatic nitrogens is 3. The Morgan fingerprint density at radius 1 is 1.00 bits per heavy atom. The topological polar surface area (TPSA) is 51.1 Å². The van der Waals surface area contributed by atoms with Gasteiger partial charge in [-0.05, 0) is 31.2 Å². The third kappa shape index (κ3) is 2.35. The molecule has 0 atom stereocenters. The summed E-state index contributed by atoms with van der Waals surface area (Å²) >= 11 is 0. The molecule has 1 aliphatic heterocycles. The molecule has 1 aromatic carbocycles. The third-order valence-corrected chi connectivity index (χ3v) is 3.82. The minimum Gasteiger partial charge on any atom is -0.487 e. The molecular formula is C17H16N4O. The summed E-state index contributed by atoms with van der Waals surface area (Å²) in [5.74, 6) is 1.81. The van der Waals surface area contributed by atoms with Gasteiger partial charge in [-0.3, -0.25) is 4.98 Å². The van der Waals surface area contributed by atoms with Crippen LogP contribution in [0.4, 0.5) is 5.82 Å². The average molecular weight is 292 g/mol. The normalized spacial score (nSPS) is 14.9. The molecule has 3 aromatic rings. The van der Waals surface area contributed by atoms with Gasteiger partial charge in [-0.25, -0.2) is 9.97 Å². The monoisotopic (exact) mass is 292 g/mol. The lowest BCUT2D eigenvalue weighted by Crippen LogP contribution is -2.54. The molecule has 5 nitrogen and oxygen atoms in total. The molecule has 0 bridgehead atoms. The molecule has 1 saturated heterocycles. The van der Waals surface area contributed by atoms with Gasteiger partial charge in [-0.2, -0.15) is 0 Å². The fraction of sp³-hybridized carbons (Fsp3) is 0.235. The predicted molar refractivity (Wildman–Crippen MR) is 85.1 cm³/mol. The number of anilines is 1. The highest BCUT2D eigenvalue weighted by molar-refractivity contribution is 5.76. The first-order valence-corrected chi connectivity index (χ1v) is 7.34. The van der Waals surface area contributed by atoms with Crippen molar-refractivity contribution in [2.24, 2.45) is 0 Å². The van der Waals surface area contributed by atoms with Crippen molar-refractivity contribution < 1.29 is 4.74 Å². The molecule has 1 fully saturated rings. The van der Waals surface area contributed by atoms with Crippen LogP contribution in [0.3, 0.4) is 0 Å². The zero-order valence-corrected chi connectivity index (χ0v) is 12.3. The van der Waals surface area contributed by atoms with Crippen LogP contribution in [0.25, 0.3) is 11.0 Å². The van der Waals surface area contributed by atoms with Crippen molar-refractivity contribution >= 4 is 16.9 Å². The summed E-state index contributed by atoms with van der Waals surface area (Å²) in [5.41, 5.74) is 2.83. The zero-order chi connectivity index (χ0) is 14.9. The Labute approximate surface area is 128 Å². The molecule has 0 N–H and O–H groups in total. The Hall–Kier alpha value is -2.69. The van der Waals surface area contributed by atoms with Crippen molar-refractivity contribution in [1.82, 2.24) is 15.0 Å². The number of hydrogen-bond donors (Lipinski definition) is 0. The second-order valence-corrected chi connectivity index (χ2v) is 5.45. The summed E-state index contributed by atoms with van der Waals surface area (Å²) in [7, 11) is 0. The molecule has 5 heteroatoms. The Morgan fingerprint density at radius 2 is 1.68 bits per heavy atom. The van der Waals surface area contributed by atoms with Crippen molar-refractivity contribution in [1.29, 1.82) is 0 Å². The summed E-state index contributed by atoms with van der Waals surface area (Å²) in [6.07, 6.45) is 3.67. The Bertz CT molecular complexity index is 800. The third-order valence-electron chi connectivity index (χ3n) is 3.82. The van der Waals surface area contributed by atoms with Gasteiger partial charge in [0, 0.05) is 12.4 Å². The number of nitrogens with zero attached hydrogens (tertiary/aromatic N) is 4. The van der Waals surface area contributed by atoms with Crippen molar-refractivity contribution in [3.63, 3.8) is 0 Å². The van der Waals surface area contributed by atoms with Crippen molar-refractivity contribution in [3.05, 3.63) is 54.5 Å². The highest BCUT2D eigenvalue weighted by Gasteiger charge is 2.31. The van der Waals surface area contributed by atoms with E-state index in [1.54, 1.807) is 12.4 Å². The zero-order valence-electron chi connectivity index (χ0n) is 12.3. The first-order valence-electron chi connectivity index (χ1n) is 7.34. The van der Waals surface area contributed by atoms with Crippen LogP contribution in [0.15, 0.2) is 48.8 Å². The van der Waals surface area contributed by atoms with Gasteiger partial charge in [0.1, 0.15) is 11.9 Å². The number of pyridine rings is 1. The maximum atomic E-state index is 5.90. The molecule has 1 aliphatic rings.